The van der Waals surface area contributed by atoms with Crippen LogP contribution in [-0.2, 0) is 17.8 Å². The Morgan fingerprint density at radius 3 is 2.72 bits per heavy atom. The first-order valence-electron chi connectivity index (χ1n) is 8.35. The summed E-state index contributed by atoms with van der Waals surface area (Å²) >= 11 is 0. The first-order valence-corrected chi connectivity index (χ1v) is 8.35. The minimum absolute atomic E-state index is 0.0568. The Hall–Kier alpha value is -3.14. The third-order valence-electron chi connectivity index (χ3n) is 4.41. The Morgan fingerprint density at radius 1 is 1.04 bits per heavy atom. The molecule has 1 aliphatic rings. The summed E-state index contributed by atoms with van der Waals surface area (Å²) in [6, 6.07) is 16.6. The van der Waals surface area contributed by atoms with Crippen LogP contribution in [0.3, 0.4) is 0 Å². The molecule has 1 aromatic heterocycles. The highest BCUT2D eigenvalue weighted by Gasteiger charge is 2.17. The van der Waals surface area contributed by atoms with E-state index in [0.29, 0.717) is 13.0 Å². The topological polar surface area (TPSA) is 54.0 Å². The van der Waals surface area contributed by atoms with Gasteiger partial charge in [0.2, 0.25) is 5.91 Å². The van der Waals surface area contributed by atoms with Gasteiger partial charge in [-0.25, -0.2) is 0 Å². The van der Waals surface area contributed by atoms with Crippen molar-refractivity contribution in [3.8, 4) is 11.1 Å². The number of nitrogens with zero attached hydrogens (tertiary/aromatic N) is 1. The molecule has 3 aromatic rings. The number of amides is 1. The maximum Gasteiger partial charge on any atom is 0.228 e. The number of fused-ring (bicyclic) bond motifs is 1. The van der Waals surface area contributed by atoms with Crippen molar-refractivity contribution in [3.05, 3.63) is 77.6 Å². The van der Waals surface area contributed by atoms with Crippen LogP contribution in [0, 0.1) is 6.92 Å². The highest BCUT2D eigenvalue weighted by Crippen LogP contribution is 2.29. The molecule has 2 heterocycles. The van der Waals surface area contributed by atoms with Gasteiger partial charge in [0, 0.05) is 35.9 Å². The summed E-state index contributed by atoms with van der Waals surface area (Å²) in [4.78, 5) is 15.9. The molecule has 1 amide bonds. The smallest absolute Gasteiger partial charge is 0.228 e. The van der Waals surface area contributed by atoms with E-state index in [-0.39, 0.29) is 5.91 Å². The van der Waals surface area contributed by atoms with Crippen molar-refractivity contribution in [1.82, 2.24) is 4.98 Å². The number of rotatable bonds is 4. The third kappa shape index (κ3) is 3.38. The largest absolute Gasteiger partial charge is 0.381 e. The van der Waals surface area contributed by atoms with Crippen LogP contribution in [-0.4, -0.2) is 10.9 Å². The van der Waals surface area contributed by atoms with E-state index < -0.39 is 0 Å². The normalized spacial score (nSPS) is 12.6. The van der Waals surface area contributed by atoms with E-state index in [1.54, 1.807) is 0 Å². The Bertz CT molecular complexity index is 932. The summed E-state index contributed by atoms with van der Waals surface area (Å²) in [5, 5.41) is 6.32. The predicted octanol–water partition coefficient (Wildman–Crippen LogP) is 4.16. The van der Waals surface area contributed by atoms with E-state index >= 15 is 0 Å². The van der Waals surface area contributed by atoms with Gasteiger partial charge in [-0.05, 0) is 47.9 Å². The highest BCUT2D eigenvalue weighted by molar-refractivity contribution is 5.99. The lowest BCUT2D eigenvalue weighted by molar-refractivity contribution is -0.115. The molecule has 0 saturated carbocycles. The van der Waals surface area contributed by atoms with Gasteiger partial charge >= 0.3 is 0 Å². The van der Waals surface area contributed by atoms with Crippen LogP contribution < -0.4 is 10.6 Å². The summed E-state index contributed by atoms with van der Waals surface area (Å²) in [6.45, 7) is 2.79. The van der Waals surface area contributed by atoms with Crippen LogP contribution in [0.25, 0.3) is 11.1 Å². The molecule has 0 unspecified atom stereocenters. The molecule has 2 aromatic carbocycles. The van der Waals surface area contributed by atoms with Gasteiger partial charge in [-0.3, -0.25) is 9.78 Å². The molecule has 2 N–H and O–H groups in total. The lowest BCUT2D eigenvalue weighted by atomic mass is 10.0. The molecular weight excluding hydrogens is 310 g/mol. The summed E-state index contributed by atoms with van der Waals surface area (Å²) in [5.41, 5.74) is 7.53. The first kappa shape index (κ1) is 15.4. The fraction of sp³-hybridized carbons (Fsp3) is 0.143. The van der Waals surface area contributed by atoms with Crippen LogP contribution >= 0.6 is 0 Å². The Kier molecular flexibility index (Phi) is 3.94. The maximum absolute atomic E-state index is 11.5. The second kappa shape index (κ2) is 6.40. The lowest BCUT2D eigenvalue weighted by Crippen LogP contribution is -2.03. The summed E-state index contributed by atoms with van der Waals surface area (Å²) in [6.07, 6.45) is 4.20. The summed E-state index contributed by atoms with van der Waals surface area (Å²) < 4.78 is 0. The Morgan fingerprint density at radius 2 is 1.88 bits per heavy atom. The molecule has 4 nitrogen and oxygen atoms in total. The van der Waals surface area contributed by atoms with Crippen LogP contribution in [0.5, 0.6) is 0 Å². The monoisotopic (exact) mass is 329 g/mol. The van der Waals surface area contributed by atoms with Crippen molar-refractivity contribution < 1.29 is 4.79 Å². The van der Waals surface area contributed by atoms with Crippen LogP contribution in [0.1, 0.15) is 16.7 Å². The zero-order valence-electron chi connectivity index (χ0n) is 14.0. The molecule has 124 valence electrons. The second-order valence-corrected chi connectivity index (χ2v) is 6.40. The molecule has 0 spiro atoms. The van der Waals surface area contributed by atoms with Gasteiger partial charge in [0.1, 0.15) is 0 Å². The molecule has 0 radical (unpaired) electrons. The van der Waals surface area contributed by atoms with Crippen molar-refractivity contribution in [2.45, 2.75) is 19.9 Å². The molecule has 4 rings (SSSR count). The van der Waals surface area contributed by atoms with Crippen molar-refractivity contribution in [1.29, 1.82) is 0 Å². The number of pyridine rings is 1. The van der Waals surface area contributed by atoms with Gasteiger partial charge < -0.3 is 10.6 Å². The quantitative estimate of drug-likeness (QED) is 0.755. The molecular formula is C21H19N3O. The van der Waals surface area contributed by atoms with E-state index in [4.69, 9.17) is 0 Å². The Labute approximate surface area is 146 Å². The average molecular weight is 329 g/mol. The number of hydrogen-bond donors (Lipinski definition) is 2. The molecule has 1 aliphatic heterocycles. The number of carbonyl (C=O) groups is 1. The average Bonchev–Trinajstić information content (AvgIpc) is 3.00. The van der Waals surface area contributed by atoms with E-state index in [1.807, 2.05) is 30.6 Å². The number of aryl methyl sites for hydroxylation is 1. The minimum Gasteiger partial charge on any atom is -0.381 e. The van der Waals surface area contributed by atoms with Crippen LogP contribution in [0.15, 0.2) is 60.9 Å². The minimum atomic E-state index is 0.0568. The van der Waals surface area contributed by atoms with E-state index in [0.717, 1.165) is 33.6 Å². The van der Waals surface area contributed by atoms with Crippen molar-refractivity contribution in [2.24, 2.45) is 0 Å². The fourth-order valence-corrected chi connectivity index (χ4v) is 3.01. The zero-order chi connectivity index (χ0) is 17.2. The predicted molar refractivity (Wildman–Crippen MR) is 101 cm³/mol. The standard InChI is InChI=1S/C21H19N3O/c1-14-2-6-19(7-3-14)23-12-15-8-18(13-22-11-15)16-4-5-17-10-21(25)24-20(17)9-16/h2-9,11,13,23H,10,12H2,1H3,(H,24,25). The van der Waals surface area contributed by atoms with Crippen LogP contribution in [0.2, 0.25) is 0 Å². The molecule has 0 fully saturated rings. The van der Waals surface area contributed by atoms with Gasteiger partial charge in [-0.1, -0.05) is 29.8 Å². The van der Waals surface area contributed by atoms with Gasteiger partial charge in [0.15, 0.2) is 0 Å². The second-order valence-electron chi connectivity index (χ2n) is 6.40. The number of carbonyl (C=O) groups excluding carboxylic acids is 1. The van der Waals surface area contributed by atoms with Gasteiger partial charge in [0.05, 0.1) is 6.42 Å². The lowest BCUT2D eigenvalue weighted by Gasteiger charge is -2.09. The van der Waals surface area contributed by atoms with Gasteiger partial charge in [-0.2, -0.15) is 0 Å². The fourth-order valence-electron chi connectivity index (χ4n) is 3.01. The van der Waals surface area contributed by atoms with Crippen molar-refractivity contribution in [3.63, 3.8) is 0 Å². The SMILES string of the molecule is Cc1ccc(NCc2cncc(-c3ccc4c(c3)NC(=O)C4)c2)cc1. The first-order chi connectivity index (χ1) is 12.2. The number of nitrogens with one attached hydrogen (secondary N) is 2. The molecule has 25 heavy (non-hydrogen) atoms. The van der Waals surface area contributed by atoms with Crippen LogP contribution in [0.4, 0.5) is 11.4 Å². The molecule has 4 heteroatoms. The summed E-state index contributed by atoms with van der Waals surface area (Å²) in [7, 11) is 0. The maximum atomic E-state index is 11.5. The number of benzene rings is 2. The molecule has 0 bridgehead atoms. The van der Waals surface area contributed by atoms with E-state index in [9.17, 15) is 4.79 Å². The summed E-state index contributed by atoms with van der Waals surface area (Å²) in [5.74, 6) is 0.0568. The van der Waals surface area contributed by atoms with Crippen molar-refractivity contribution in [2.75, 3.05) is 10.6 Å². The number of hydrogen-bond acceptors (Lipinski definition) is 3. The molecule has 0 aliphatic carbocycles. The number of aromatic nitrogens is 1. The zero-order valence-corrected chi connectivity index (χ0v) is 14.0. The van der Waals surface area contributed by atoms with E-state index in [1.165, 1.54) is 5.56 Å². The Balaban J connectivity index is 1.52. The highest BCUT2D eigenvalue weighted by atomic mass is 16.1. The molecule has 0 atom stereocenters. The molecule has 0 saturated heterocycles. The number of anilines is 2. The van der Waals surface area contributed by atoms with Gasteiger partial charge in [0.25, 0.3) is 0 Å². The van der Waals surface area contributed by atoms with E-state index in [2.05, 4.69) is 52.9 Å². The third-order valence-corrected chi connectivity index (χ3v) is 4.41. The van der Waals surface area contributed by atoms with Crippen molar-refractivity contribution >= 4 is 17.3 Å². The van der Waals surface area contributed by atoms with Gasteiger partial charge in [-0.15, -0.1) is 0 Å².